The lowest BCUT2D eigenvalue weighted by molar-refractivity contribution is -0.137. The molecule has 5 nitrogen and oxygen atoms in total. The largest absolute Gasteiger partial charge is 0.483 e. The van der Waals surface area contributed by atoms with Crippen LogP contribution in [0.1, 0.15) is 5.56 Å². The molecule has 1 aliphatic heterocycles. The van der Waals surface area contributed by atoms with Crippen LogP contribution in [0.15, 0.2) is 18.2 Å². The summed E-state index contributed by atoms with van der Waals surface area (Å²) < 4.78 is 23.5. The molecule has 104 valence electrons. The zero-order valence-corrected chi connectivity index (χ0v) is 10.5. The van der Waals surface area contributed by atoms with Crippen LogP contribution in [0.3, 0.4) is 0 Å². The molecule has 1 fully saturated rings. The first kappa shape index (κ1) is 13.8. The number of amides is 1. The number of benzene rings is 1. The summed E-state index contributed by atoms with van der Waals surface area (Å²) in [4.78, 5) is 13.5. The van der Waals surface area contributed by atoms with Crippen molar-refractivity contribution >= 4 is 5.91 Å². The van der Waals surface area contributed by atoms with E-state index < -0.39 is 5.82 Å². The molecule has 2 rings (SSSR count). The summed E-state index contributed by atoms with van der Waals surface area (Å²) in [5.41, 5.74) is 0.328. The highest BCUT2D eigenvalue weighted by Crippen LogP contribution is 2.19. The Morgan fingerprint density at radius 3 is 2.84 bits per heavy atom. The van der Waals surface area contributed by atoms with E-state index in [1.807, 2.05) is 0 Å². The van der Waals surface area contributed by atoms with Gasteiger partial charge >= 0.3 is 0 Å². The van der Waals surface area contributed by atoms with Gasteiger partial charge in [-0.25, -0.2) is 4.39 Å². The van der Waals surface area contributed by atoms with Gasteiger partial charge in [0.25, 0.3) is 5.91 Å². The molecule has 1 saturated heterocycles. The first-order valence-corrected chi connectivity index (χ1v) is 6.08. The van der Waals surface area contributed by atoms with Crippen LogP contribution >= 0.6 is 0 Å². The van der Waals surface area contributed by atoms with E-state index >= 15 is 0 Å². The zero-order chi connectivity index (χ0) is 13.7. The third kappa shape index (κ3) is 3.65. The molecular weight excluding hydrogens is 253 g/mol. The molecule has 0 radical (unpaired) electrons. The second-order valence-corrected chi connectivity index (χ2v) is 4.19. The number of ether oxygens (including phenoxy) is 2. The summed E-state index contributed by atoms with van der Waals surface area (Å²) in [7, 11) is 0. The first-order chi connectivity index (χ1) is 9.20. The van der Waals surface area contributed by atoms with Gasteiger partial charge in [-0.15, -0.1) is 0 Å². The number of hydrogen-bond acceptors (Lipinski definition) is 4. The predicted molar refractivity (Wildman–Crippen MR) is 65.2 cm³/mol. The fourth-order valence-electron chi connectivity index (χ4n) is 1.86. The normalized spacial score (nSPS) is 15.4. The van der Waals surface area contributed by atoms with E-state index in [0.29, 0.717) is 37.6 Å². The Hall–Kier alpha value is -1.66. The van der Waals surface area contributed by atoms with Crippen LogP contribution in [0.25, 0.3) is 0 Å². The second-order valence-electron chi connectivity index (χ2n) is 4.19. The Morgan fingerprint density at radius 2 is 2.16 bits per heavy atom. The first-order valence-electron chi connectivity index (χ1n) is 6.08. The highest BCUT2D eigenvalue weighted by atomic mass is 19.1. The van der Waals surface area contributed by atoms with Crippen LogP contribution in [0, 0.1) is 5.82 Å². The van der Waals surface area contributed by atoms with Gasteiger partial charge in [0.15, 0.2) is 6.61 Å². The standard InChI is InChI=1S/C13H16FNO4/c14-11-1-2-12(10(7-11)8-16)19-9-13(17)15-3-5-18-6-4-15/h1-2,7,16H,3-6,8-9H2. The Kier molecular flexibility index (Phi) is 4.70. The van der Waals surface area contributed by atoms with Crippen LogP contribution in [0.5, 0.6) is 5.75 Å². The lowest BCUT2D eigenvalue weighted by Gasteiger charge is -2.26. The van der Waals surface area contributed by atoms with Crippen molar-refractivity contribution in [2.24, 2.45) is 0 Å². The number of halogens is 1. The second kappa shape index (κ2) is 6.49. The van der Waals surface area contributed by atoms with Crippen molar-refractivity contribution < 1.29 is 23.8 Å². The van der Waals surface area contributed by atoms with E-state index in [1.54, 1.807) is 4.90 Å². The molecule has 0 bridgehead atoms. The van der Waals surface area contributed by atoms with Gasteiger partial charge < -0.3 is 19.5 Å². The molecule has 0 aromatic heterocycles. The summed E-state index contributed by atoms with van der Waals surface area (Å²) in [5.74, 6) is -0.266. The highest BCUT2D eigenvalue weighted by molar-refractivity contribution is 5.77. The molecule has 0 saturated carbocycles. The van der Waals surface area contributed by atoms with Gasteiger partial charge in [-0.1, -0.05) is 0 Å². The zero-order valence-electron chi connectivity index (χ0n) is 10.5. The highest BCUT2D eigenvalue weighted by Gasteiger charge is 2.17. The SMILES string of the molecule is O=C(COc1ccc(F)cc1CO)N1CCOCC1. The molecular formula is C13H16FNO4. The monoisotopic (exact) mass is 269 g/mol. The number of aliphatic hydroxyl groups is 1. The Balaban J connectivity index is 1.92. The molecule has 6 heteroatoms. The molecule has 0 aliphatic carbocycles. The number of nitrogens with zero attached hydrogens (tertiary/aromatic N) is 1. The van der Waals surface area contributed by atoms with Crippen LogP contribution in [-0.2, 0) is 16.1 Å². The third-order valence-electron chi connectivity index (χ3n) is 2.91. The fourth-order valence-corrected chi connectivity index (χ4v) is 1.86. The van der Waals surface area contributed by atoms with E-state index in [9.17, 15) is 9.18 Å². The third-order valence-corrected chi connectivity index (χ3v) is 2.91. The number of rotatable bonds is 4. The van der Waals surface area contributed by atoms with Gasteiger partial charge in [0.05, 0.1) is 19.8 Å². The van der Waals surface area contributed by atoms with Crippen molar-refractivity contribution in [2.45, 2.75) is 6.61 Å². The Labute approximate surface area is 110 Å². The molecule has 1 aromatic rings. The molecule has 1 aromatic carbocycles. The van der Waals surface area contributed by atoms with E-state index in [0.717, 1.165) is 0 Å². The van der Waals surface area contributed by atoms with Crippen LogP contribution in [0.4, 0.5) is 4.39 Å². The number of carbonyl (C=O) groups excluding carboxylic acids is 1. The topological polar surface area (TPSA) is 59.0 Å². The van der Waals surface area contributed by atoms with Gasteiger partial charge in [0, 0.05) is 18.7 Å². The maximum absolute atomic E-state index is 13.0. The molecule has 0 unspecified atom stereocenters. The van der Waals surface area contributed by atoms with Gasteiger partial charge in [-0.2, -0.15) is 0 Å². The minimum Gasteiger partial charge on any atom is -0.483 e. The quantitative estimate of drug-likeness (QED) is 0.867. The minimum atomic E-state index is -0.448. The van der Waals surface area contributed by atoms with Crippen LogP contribution in [-0.4, -0.2) is 48.8 Å². The van der Waals surface area contributed by atoms with Crippen molar-refractivity contribution in [3.05, 3.63) is 29.6 Å². The van der Waals surface area contributed by atoms with E-state index in [2.05, 4.69) is 0 Å². The fraction of sp³-hybridized carbons (Fsp3) is 0.462. The van der Waals surface area contributed by atoms with Gasteiger partial charge in [-0.3, -0.25) is 4.79 Å². The van der Waals surface area contributed by atoms with Crippen molar-refractivity contribution in [2.75, 3.05) is 32.9 Å². The van der Waals surface area contributed by atoms with Crippen LogP contribution in [0.2, 0.25) is 0 Å². The average molecular weight is 269 g/mol. The molecule has 0 spiro atoms. The Bertz CT molecular complexity index is 446. The van der Waals surface area contributed by atoms with Gasteiger partial charge in [0.1, 0.15) is 11.6 Å². The van der Waals surface area contributed by atoms with E-state index in [1.165, 1.54) is 18.2 Å². The molecule has 1 N–H and O–H groups in total. The maximum atomic E-state index is 13.0. The van der Waals surface area contributed by atoms with Crippen molar-refractivity contribution in [3.63, 3.8) is 0 Å². The average Bonchev–Trinajstić information content (AvgIpc) is 2.46. The summed E-state index contributed by atoms with van der Waals surface area (Å²) in [5, 5.41) is 9.10. The van der Waals surface area contributed by atoms with Gasteiger partial charge in [-0.05, 0) is 18.2 Å². The van der Waals surface area contributed by atoms with Crippen molar-refractivity contribution in [1.82, 2.24) is 4.90 Å². The molecule has 1 heterocycles. The molecule has 0 atom stereocenters. The summed E-state index contributed by atoms with van der Waals surface area (Å²) in [6, 6.07) is 3.83. The van der Waals surface area contributed by atoms with Crippen LogP contribution < -0.4 is 4.74 Å². The number of hydrogen-bond donors (Lipinski definition) is 1. The van der Waals surface area contributed by atoms with E-state index in [4.69, 9.17) is 14.6 Å². The Morgan fingerprint density at radius 1 is 1.42 bits per heavy atom. The number of aliphatic hydroxyl groups excluding tert-OH is 1. The summed E-state index contributed by atoms with van der Waals surface area (Å²) in [6.07, 6.45) is 0. The predicted octanol–water partition coefficient (Wildman–Crippen LogP) is 0.556. The number of carbonyl (C=O) groups is 1. The van der Waals surface area contributed by atoms with Gasteiger partial charge in [0.2, 0.25) is 0 Å². The molecule has 19 heavy (non-hydrogen) atoms. The van der Waals surface area contributed by atoms with Crippen molar-refractivity contribution in [1.29, 1.82) is 0 Å². The van der Waals surface area contributed by atoms with E-state index in [-0.39, 0.29) is 19.1 Å². The smallest absolute Gasteiger partial charge is 0.260 e. The van der Waals surface area contributed by atoms with Crippen molar-refractivity contribution in [3.8, 4) is 5.75 Å². The lowest BCUT2D eigenvalue weighted by Crippen LogP contribution is -2.43. The molecule has 1 aliphatic rings. The lowest BCUT2D eigenvalue weighted by atomic mass is 10.2. The summed E-state index contributed by atoms with van der Waals surface area (Å²) in [6.45, 7) is 1.71. The summed E-state index contributed by atoms with van der Waals surface area (Å²) >= 11 is 0. The molecule has 1 amide bonds. The maximum Gasteiger partial charge on any atom is 0.260 e. The minimum absolute atomic E-state index is 0.126. The number of morpholine rings is 1.